The minimum atomic E-state index is -3.46. The molecule has 1 aliphatic rings. The molecular weight excluding hydrogens is 196 g/mol. The van der Waals surface area contributed by atoms with E-state index in [2.05, 4.69) is 4.72 Å². The Bertz CT molecular complexity index is 288. The van der Waals surface area contributed by atoms with Gasteiger partial charge in [-0.1, -0.05) is 0 Å². The molecule has 0 atom stereocenters. The average molecular weight is 208 g/mol. The molecule has 1 saturated heterocycles. The Balaban J connectivity index is 2.62. The molecule has 0 spiro atoms. The molecule has 0 aromatic heterocycles. The van der Waals surface area contributed by atoms with Crippen molar-refractivity contribution in [2.24, 2.45) is 5.84 Å². The van der Waals surface area contributed by atoms with Crippen molar-refractivity contribution < 1.29 is 13.2 Å². The van der Waals surface area contributed by atoms with Gasteiger partial charge >= 0.3 is 0 Å². The second-order valence-electron chi connectivity index (χ2n) is 2.65. The average Bonchev–Trinajstić information content (AvgIpc) is 2.08. The molecule has 1 rings (SSSR count). The van der Waals surface area contributed by atoms with Crippen molar-refractivity contribution in [3.63, 3.8) is 0 Å². The number of carbonyl (C=O) groups is 1. The Morgan fingerprint density at radius 2 is 2.31 bits per heavy atom. The summed E-state index contributed by atoms with van der Waals surface area (Å²) in [5.41, 5.74) is 1.88. The largest absolute Gasteiger partial charge is 0.293 e. The van der Waals surface area contributed by atoms with Gasteiger partial charge in [-0.15, -0.1) is 0 Å². The van der Waals surface area contributed by atoms with E-state index in [0.29, 0.717) is 19.5 Å². The Morgan fingerprint density at radius 3 is 2.85 bits per heavy atom. The van der Waals surface area contributed by atoms with Gasteiger partial charge in [-0.05, 0) is 6.42 Å². The van der Waals surface area contributed by atoms with Gasteiger partial charge in [0.25, 0.3) is 10.2 Å². The molecule has 0 aromatic rings. The molecular formula is C5H12N4O3S. The fourth-order valence-corrected chi connectivity index (χ4v) is 2.28. The van der Waals surface area contributed by atoms with Crippen LogP contribution in [0, 0.1) is 0 Å². The van der Waals surface area contributed by atoms with E-state index in [1.54, 1.807) is 0 Å². The van der Waals surface area contributed by atoms with Crippen molar-refractivity contribution in [3.8, 4) is 0 Å². The van der Waals surface area contributed by atoms with Gasteiger partial charge in [-0.2, -0.15) is 12.7 Å². The van der Waals surface area contributed by atoms with Gasteiger partial charge < -0.3 is 0 Å². The van der Waals surface area contributed by atoms with Crippen LogP contribution in [0.25, 0.3) is 0 Å². The molecule has 4 N–H and O–H groups in total. The van der Waals surface area contributed by atoms with E-state index in [9.17, 15) is 13.2 Å². The van der Waals surface area contributed by atoms with Crippen LogP contribution in [0.3, 0.4) is 0 Å². The van der Waals surface area contributed by atoms with E-state index in [1.165, 1.54) is 0 Å². The van der Waals surface area contributed by atoms with Crippen LogP contribution in [0.1, 0.15) is 6.42 Å². The zero-order valence-corrected chi connectivity index (χ0v) is 7.80. The summed E-state index contributed by atoms with van der Waals surface area (Å²) in [6.45, 7) is 0.539. The predicted octanol–water partition coefficient (Wildman–Crippen LogP) is -2.48. The first-order chi connectivity index (χ1) is 6.06. The monoisotopic (exact) mass is 208 g/mol. The Morgan fingerprint density at radius 1 is 1.62 bits per heavy atom. The molecule has 1 heterocycles. The highest BCUT2D eigenvalue weighted by molar-refractivity contribution is 7.87. The Labute approximate surface area is 76.4 Å². The molecule has 0 bridgehead atoms. The zero-order valence-electron chi connectivity index (χ0n) is 6.99. The fourth-order valence-electron chi connectivity index (χ4n) is 1.04. The molecule has 7 nitrogen and oxygen atoms in total. The van der Waals surface area contributed by atoms with E-state index in [1.807, 2.05) is 5.43 Å². The lowest BCUT2D eigenvalue weighted by atomic mass is 10.4. The quantitative estimate of drug-likeness (QED) is 0.265. The van der Waals surface area contributed by atoms with Crippen LogP contribution in [0.5, 0.6) is 0 Å². The summed E-state index contributed by atoms with van der Waals surface area (Å²) in [6, 6.07) is 0. The number of amides is 1. The summed E-state index contributed by atoms with van der Waals surface area (Å²) in [4.78, 5) is 10.8. The van der Waals surface area contributed by atoms with Crippen LogP contribution in [0.2, 0.25) is 0 Å². The van der Waals surface area contributed by atoms with Crippen molar-refractivity contribution in [3.05, 3.63) is 0 Å². The summed E-state index contributed by atoms with van der Waals surface area (Å²) in [5, 5.41) is 0. The zero-order chi connectivity index (χ0) is 9.90. The Kier molecular flexibility index (Phi) is 3.20. The molecule has 1 fully saturated rings. The standard InChI is InChI=1S/C5H12N4O3S/c6-8-5(10)4-9-3-1-2-7-13(9,11)12/h7H,1-4,6H2,(H,8,10). The molecule has 1 aliphatic heterocycles. The number of rotatable bonds is 2. The van der Waals surface area contributed by atoms with Gasteiger partial charge in [0.05, 0.1) is 6.54 Å². The van der Waals surface area contributed by atoms with E-state index in [4.69, 9.17) is 5.84 Å². The molecule has 0 aliphatic carbocycles. The van der Waals surface area contributed by atoms with E-state index < -0.39 is 16.1 Å². The number of nitrogens with zero attached hydrogens (tertiary/aromatic N) is 1. The van der Waals surface area contributed by atoms with Crippen molar-refractivity contribution in [2.75, 3.05) is 19.6 Å². The van der Waals surface area contributed by atoms with Crippen LogP contribution in [0.4, 0.5) is 0 Å². The van der Waals surface area contributed by atoms with Gasteiger partial charge in [-0.25, -0.2) is 10.6 Å². The maximum absolute atomic E-state index is 11.2. The van der Waals surface area contributed by atoms with Gasteiger partial charge in [0, 0.05) is 13.1 Å². The molecule has 0 saturated carbocycles. The minimum Gasteiger partial charge on any atom is -0.293 e. The first kappa shape index (κ1) is 10.4. The smallest absolute Gasteiger partial charge is 0.279 e. The molecule has 76 valence electrons. The van der Waals surface area contributed by atoms with Gasteiger partial charge in [0.15, 0.2) is 0 Å². The number of nitrogens with one attached hydrogen (secondary N) is 2. The minimum absolute atomic E-state index is 0.230. The summed E-state index contributed by atoms with van der Waals surface area (Å²) in [7, 11) is -3.46. The van der Waals surface area contributed by atoms with Gasteiger partial charge in [-0.3, -0.25) is 10.2 Å². The number of carbonyl (C=O) groups excluding carboxylic acids is 1. The molecule has 0 radical (unpaired) electrons. The first-order valence-corrected chi connectivity index (χ1v) is 5.24. The van der Waals surface area contributed by atoms with E-state index >= 15 is 0 Å². The number of hydrazine groups is 1. The third-order valence-corrected chi connectivity index (χ3v) is 3.25. The van der Waals surface area contributed by atoms with Gasteiger partial charge in [0.1, 0.15) is 0 Å². The van der Waals surface area contributed by atoms with E-state index in [0.717, 1.165) is 4.31 Å². The Hall–Kier alpha value is -0.700. The summed E-state index contributed by atoms with van der Waals surface area (Å²) < 4.78 is 25.8. The van der Waals surface area contributed by atoms with Crippen molar-refractivity contribution in [1.82, 2.24) is 14.5 Å². The van der Waals surface area contributed by atoms with Gasteiger partial charge in [0.2, 0.25) is 5.91 Å². The lowest BCUT2D eigenvalue weighted by molar-refractivity contribution is -0.121. The maximum atomic E-state index is 11.2. The van der Waals surface area contributed by atoms with Crippen LogP contribution < -0.4 is 16.0 Å². The number of hydrogen-bond donors (Lipinski definition) is 3. The second-order valence-corrected chi connectivity index (χ2v) is 4.41. The summed E-state index contributed by atoms with van der Waals surface area (Å²) in [6.07, 6.45) is 0.692. The molecule has 0 unspecified atom stereocenters. The summed E-state index contributed by atoms with van der Waals surface area (Å²) in [5.74, 6) is 4.32. The van der Waals surface area contributed by atoms with Crippen LogP contribution in [-0.2, 0) is 15.0 Å². The van der Waals surface area contributed by atoms with Crippen molar-refractivity contribution in [2.45, 2.75) is 6.42 Å². The SMILES string of the molecule is NNC(=O)CN1CCCNS1(=O)=O. The normalized spacial score (nSPS) is 22.5. The maximum Gasteiger partial charge on any atom is 0.279 e. The lowest BCUT2D eigenvalue weighted by Gasteiger charge is -2.25. The highest BCUT2D eigenvalue weighted by atomic mass is 32.2. The molecule has 8 heteroatoms. The first-order valence-electron chi connectivity index (χ1n) is 3.80. The topological polar surface area (TPSA) is 105 Å². The number of hydrogen-bond acceptors (Lipinski definition) is 4. The second kappa shape index (κ2) is 4.01. The van der Waals surface area contributed by atoms with Crippen LogP contribution >= 0.6 is 0 Å². The third-order valence-electron chi connectivity index (χ3n) is 1.69. The molecule has 13 heavy (non-hydrogen) atoms. The fraction of sp³-hybridized carbons (Fsp3) is 0.800. The lowest BCUT2D eigenvalue weighted by Crippen LogP contribution is -2.51. The molecule has 1 amide bonds. The van der Waals surface area contributed by atoms with Crippen molar-refractivity contribution >= 4 is 16.1 Å². The predicted molar refractivity (Wildman–Crippen MR) is 45.4 cm³/mol. The van der Waals surface area contributed by atoms with Crippen LogP contribution in [-0.4, -0.2) is 38.3 Å². The third kappa shape index (κ3) is 2.62. The highest BCUT2D eigenvalue weighted by Gasteiger charge is 2.26. The van der Waals surface area contributed by atoms with Crippen LogP contribution in [0.15, 0.2) is 0 Å². The molecule has 0 aromatic carbocycles. The number of nitrogens with two attached hydrogens (primary N) is 1. The van der Waals surface area contributed by atoms with Crippen molar-refractivity contribution in [1.29, 1.82) is 0 Å². The van der Waals surface area contributed by atoms with E-state index in [-0.39, 0.29) is 6.54 Å². The highest BCUT2D eigenvalue weighted by Crippen LogP contribution is 2.04. The summed E-state index contributed by atoms with van der Waals surface area (Å²) >= 11 is 0.